The topological polar surface area (TPSA) is 73.0 Å². The fraction of sp³-hybridized carbons (Fsp3) is 0.167. The van der Waals surface area contributed by atoms with Gasteiger partial charge in [-0.3, -0.25) is 0 Å². The number of alkyl halides is 2. The van der Waals surface area contributed by atoms with E-state index in [0.717, 1.165) is 0 Å². The average molecular weight is 261 g/mol. The van der Waals surface area contributed by atoms with Gasteiger partial charge in [-0.05, 0) is 0 Å². The quantitative estimate of drug-likeness (QED) is 0.648. The van der Waals surface area contributed by atoms with Crippen LogP contribution in [0.25, 0.3) is 0 Å². The molecule has 0 fully saturated rings. The van der Waals surface area contributed by atoms with Gasteiger partial charge in [-0.1, -0.05) is 0 Å². The van der Waals surface area contributed by atoms with Gasteiger partial charge in [0.1, 0.15) is 0 Å². The average Bonchev–Trinajstić information content (AvgIpc) is 2.00. The molecule has 0 saturated heterocycles. The molecule has 1 rings (SSSR count). The number of nitrogens with zero attached hydrogens (tertiary/aromatic N) is 1. The van der Waals surface area contributed by atoms with Crippen LogP contribution in [0.2, 0.25) is 0 Å². The lowest BCUT2D eigenvalue weighted by Gasteiger charge is -2.07. The first-order valence-electron chi connectivity index (χ1n) is 3.42. The van der Waals surface area contributed by atoms with Gasteiger partial charge in [0, 0.05) is 16.9 Å². The third-order valence-electron chi connectivity index (χ3n) is 1.54. The zero-order valence-corrected chi connectivity index (χ0v) is 8.49. The third kappa shape index (κ3) is 2.32. The van der Waals surface area contributed by atoms with Gasteiger partial charge in [0.15, 0.2) is 4.90 Å². The molecule has 0 aliphatic rings. The molecule has 1 aromatic heterocycles. The molecule has 0 unspecified atom stereocenters. The molecule has 0 aromatic carbocycles. The number of nitrogen functional groups attached to an aromatic ring is 1. The lowest BCUT2D eigenvalue weighted by atomic mass is 10.2. The fourth-order valence-electron chi connectivity index (χ4n) is 0.902. The van der Waals surface area contributed by atoms with Crippen LogP contribution in [0.4, 0.5) is 18.9 Å². The molecule has 9 heteroatoms. The van der Waals surface area contributed by atoms with Crippen LogP contribution in [0.15, 0.2) is 11.1 Å². The van der Waals surface area contributed by atoms with E-state index in [-0.39, 0.29) is 0 Å². The maximum Gasteiger partial charge on any atom is 0.267 e. The van der Waals surface area contributed by atoms with Crippen molar-refractivity contribution in [1.82, 2.24) is 4.98 Å². The van der Waals surface area contributed by atoms with Gasteiger partial charge in [0.05, 0.1) is 11.3 Å². The third-order valence-corrected chi connectivity index (χ3v) is 2.88. The number of halogens is 4. The number of aromatic nitrogens is 1. The van der Waals surface area contributed by atoms with E-state index in [9.17, 15) is 21.6 Å². The Hall–Kier alpha value is -1.02. The highest BCUT2D eigenvalue weighted by Gasteiger charge is 2.26. The van der Waals surface area contributed by atoms with Gasteiger partial charge in [0.25, 0.3) is 15.5 Å². The van der Waals surface area contributed by atoms with Crippen molar-refractivity contribution in [3.05, 3.63) is 17.7 Å². The first-order chi connectivity index (χ1) is 6.75. The van der Waals surface area contributed by atoms with Crippen molar-refractivity contribution in [2.24, 2.45) is 0 Å². The van der Waals surface area contributed by atoms with E-state index in [2.05, 4.69) is 4.98 Å². The van der Waals surface area contributed by atoms with E-state index in [1.165, 1.54) is 0 Å². The van der Waals surface area contributed by atoms with Crippen LogP contribution in [-0.4, -0.2) is 13.4 Å². The summed E-state index contributed by atoms with van der Waals surface area (Å²) in [4.78, 5) is 1.62. The summed E-state index contributed by atoms with van der Waals surface area (Å²) < 4.78 is 59.0. The molecule has 0 atom stereocenters. The van der Waals surface area contributed by atoms with E-state index in [1.807, 2.05) is 0 Å². The molecule has 4 nitrogen and oxygen atoms in total. The number of hydrogen-bond donors (Lipinski definition) is 1. The van der Waals surface area contributed by atoms with E-state index in [0.29, 0.717) is 6.20 Å². The summed E-state index contributed by atoms with van der Waals surface area (Å²) in [5, 5.41) is 0. The second kappa shape index (κ2) is 3.86. The molecule has 0 aliphatic heterocycles. The number of anilines is 1. The summed E-state index contributed by atoms with van der Waals surface area (Å²) >= 11 is 0. The lowest BCUT2D eigenvalue weighted by Crippen LogP contribution is -2.07. The lowest BCUT2D eigenvalue weighted by molar-refractivity contribution is 0.151. The Balaban J connectivity index is 3.59. The van der Waals surface area contributed by atoms with E-state index in [4.69, 9.17) is 16.4 Å². The summed E-state index contributed by atoms with van der Waals surface area (Å²) in [6, 6.07) is 0. The van der Waals surface area contributed by atoms with Crippen LogP contribution < -0.4 is 5.73 Å². The predicted molar refractivity (Wildman–Crippen MR) is 46.6 cm³/mol. The summed E-state index contributed by atoms with van der Waals surface area (Å²) in [5.74, 6) is -1.51. The Kier molecular flexibility index (Phi) is 3.10. The van der Waals surface area contributed by atoms with Gasteiger partial charge in [-0.15, -0.1) is 0 Å². The zero-order chi connectivity index (χ0) is 11.8. The van der Waals surface area contributed by atoms with Gasteiger partial charge in [-0.25, -0.2) is 22.2 Å². The molecule has 0 amide bonds. The van der Waals surface area contributed by atoms with Gasteiger partial charge < -0.3 is 5.73 Å². The zero-order valence-electron chi connectivity index (χ0n) is 6.92. The van der Waals surface area contributed by atoms with Crippen molar-refractivity contribution >= 4 is 25.4 Å². The highest BCUT2D eigenvalue weighted by molar-refractivity contribution is 8.13. The summed E-state index contributed by atoms with van der Waals surface area (Å²) in [5.41, 5.74) is 3.24. The number of nitrogens with two attached hydrogens (primary N) is 1. The Labute approximate surface area is 87.3 Å². The first kappa shape index (κ1) is 12.1. The van der Waals surface area contributed by atoms with Gasteiger partial charge in [0.2, 0.25) is 5.95 Å². The second-order valence-corrected chi connectivity index (χ2v) is 4.99. The molecular formula is C6H4ClF3N2O2S. The molecular weight excluding hydrogens is 257 g/mol. The second-order valence-electron chi connectivity index (χ2n) is 2.49. The smallest absolute Gasteiger partial charge is 0.267 e. The van der Waals surface area contributed by atoms with Crippen LogP contribution in [0.3, 0.4) is 0 Å². The van der Waals surface area contributed by atoms with Crippen molar-refractivity contribution in [3.8, 4) is 0 Å². The minimum atomic E-state index is -4.54. The predicted octanol–water partition coefficient (Wildman–Crippen LogP) is 1.67. The number of rotatable bonds is 2. The monoisotopic (exact) mass is 260 g/mol. The first-order valence-corrected chi connectivity index (χ1v) is 5.72. The SMILES string of the molecule is Nc1c(C(F)F)cnc(F)c1S(=O)(=O)Cl. The normalized spacial score (nSPS) is 12.1. The molecule has 0 saturated carbocycles. The Bertz CT molecular complexity index is 491. The summed E-state index contributed by atoms with van der Waals surface area (Å²) in [6.07, 6.45) is -2.60. The maximum absolute atomic E-state index is 12.9. The van der Waals surface area contributed by atoms with E-state index < -0.39 is 37.6 Å². The molecule has 0 spiro atoms. The van der Waals surface area contributed by atoms with Crippen LogP contribution >= 0.6 is 10.7 Å². The summed E-state index contributed by atoms with van der Waals surface area (Å²) in [6.45, 7) is 0. The number of hydrogen-bond acceptors (Lipinski definition) is 4. The standard InChI is InChI=1S/C6H4ClF3N2O2S/c7-15(13,14)4-3(11)2(5(8)9)1-12-6(4)10/h1,5H,(H2,11,12). The van der Waals surface area contributed by atoms with Crippen LogP contribution in [0, 0.1) is 5.95 Å². The van der Waals surface area contributed by atoms with E-state index in [1.54, 1.807) is 0 Å². The van der Waals surface area contributed by atoms with Crippen molar-refractivity contribution < 1.29 is 21.6 Å². The largest absolute Gasteiger partial charge is 0.397 e. The maximum atomic E-state index is 12.9. The Morgan fingerprint density at radius 2 is 2.00 bits per heavy atom. The number of pyridine rings is 1. The molecule has 15 heavy (non-hydrogen) atoms. The minimum Gasteiger partial charge on any atom is -0.397 e. The fourth-order valence-corrected chi connectivity index (χ4v) is 1.98. The Morgan fingerprint density at radius 1 is 1.47 bits per heavy atom. The van der Waals surface area contributed by atoms with Crippen LogP contribution in [0.5, 0.6) is 0 Å². The Morgan fingerprint density at radius 3 is 2.40 bits per heavy atom. The molecule has 1 heterocycles. The van der Waals surface area contributed by atoms with Gasteiger partial charge >= 0.3 is 0 Å². The molecule has 1 aromatic rings. The van der Waals surface area contributed by atoms with Gasteiger partial charge in [-0.2, -0.15) is 4.39 Å². The van der Waals surface area contributed by atoms with Crippen LogP contribution in [-0.2, 0) is 9.05 Å². The molecule has 0 bridgehead atoms. The molecule has 2 N–H and O–H groups in total. The van der Waals surface area contributed by atoms with Crippen molar-refractivity contribution in [3.63, 3.8) is 0 Å². The summed E-state index contributed by atoms with van der Waals surface area (Å²) in [7, 11) is 0.269. The molecule has 0 radical (unpaired) electrons. The minimum absolute atomic E-state index is 0.459. The molecule has 84 valence electrons. The van der Waals surface area contributed by atoms with Crippen molar-refractivity contribution in [1.29, 1.82) is 0 Å². The van der Waals surface area contributed by atoms with E-state index >= 15 is 0 Å². The van der Waals surface area contributed by atoms with Crippen molar-refractivity contribution in [2.45, 2.75) is 11.3 Å². The highest BCUT2D eigenvalue weighted by atomic mass is 35.7. The van der Waals surface area contributed by atoms with Crippen molar-refractivity contribution in [2.75, 3.05) is 5.73 Å². The highest BCUT2D eigenvalue weighted by Crippen LogP contribution is 2.32. The molecule has 0 aliphatic carbocycles. The van der Waals surface area contributed by atoms with Crippen LogP contribution in [0.1, 0.15) is 12.0 Å².